The highest BCUT2D eigenvalue weighted by Crippen LogP contribution is 2.24. The summed E-state index contributed by atoms with van der Waals surface area (Å²) in [6, 6.07) is 14.7. The fourth-order valence-corrected chi connectivity index (χ4v) is 2.70. The van der Waals surface area contributed by atoms with Crippen molar-refractivity contribution >= 4 is 22.6 Å². The fourth-order valence-electron chi connectivity index (χ4n) is 2.70. The van der Waals surface area contributed by atoms with E-state index in [1.54, 1.807) is 36.8 Å². The number of carbonyl (C=O) groups excluding carboxylic acids is 1. The molecule has 0 saturated carbocycles. The number of aromatic nitrogens is 3. The van der Waals surface area contributed by atoms with Crippen LogP contribution in [0.2, 0.25) is 0 Å². The largest absolute Gasteiger partial charge is 0.485 e. The van der Waals surface area contributed by atoms with Crippen LogP contribution in [0.15, 0.2) is 73.3 Å². The molecule has 0 aliphatic rings. The highest BCUT2D eigenvalue weighted by atomic mass is 16.5. The van der Waals surface area contributed by atoms with Crippen LogP contribution >= 0.6 is 0 Å². The molecule has 0 spiro atoms. The Morgan fingerprint density at radius 3 is 2.88 bits per heavy atom. The average molecular weight is 344 g/mol. The van der Waals surface area contributed by atoms with Crippen molar-refractivity contribution in [2.24, 2.45) is 0 Å². The molecule has 0 bridgehead atoms. The molecule has 0 atom stereocenters. The number of ether oxygens (including phenoxy) is 1. The van der Waals surface area contributed by atoms with Crippen molar-refractivity contribution in [1.29, 1.82) is 0 Å². The van der Waals surface area contributed by atoms with Gasteiger partial charge in [0.25, 0.3) is 5.91 Å². The van der Waals surface area contributed by atoms with Crippen LogP contribution in [0.5, 0.6) is 5.75 Å². The van der Waals surface area contributed by atoms with Gasteiger partial charge in [-0.2, -0.15) is 0 Å². The summed E-state index contributed by atoms with van der Waals surface area (Å²) in [5, 5.41) is 3.70. The van der Waals surface area contributed by atoms with Gasteiger partial charge in [-0.1, -0.05) is 12.1 Å². The van der Waals surface area contributed by atoms with Gasteiger partial charge in [0.2, 0.25) is 0 Å². The molecule has 0 unspecified atom stereocenters. The van der Waals surface area contributed by atoms with E-state index in [0.717, 1.165) is 16.5 Å². The van der Waals surface area contributed by atoms with Crippen molar-refractivity contribution in [3.8, 4) is 5.75 Å². The van der Waals surface area contributed by atoms with E-state index in [1.807, 2.05) is 36.5 Å². The third-order valence-corrected chi connectivity index (χ3v) is 3.96. The summed E-state index contributed by atoms with van der Waals surface area (Å²) in [6.07, 6.45) is 6.87. The quantitative estimate of drug-likeness (QED) is 0.577. The van der Waals surface area contributed by atoms with E-state index in [0.29, 0.717) is 23.7 Å². The molecule has 4 aromatic rings. The minimum atomic E-state index is -0.236. The van der Waals surface area contributed by atoms with E-state index < -0.39 is 0 Å². The molecular weight excluding hydrogens is 328 g/mol. The first-order chi connectivity index (χ1) is 12.8. The third kappa shape index (κ3) is 3.25. The molecule has 4 rings (SSSR count). The highest BCUT2D eigenvalue weighted by molar-refractivity contribution is 6.12. The van der Waals surface area contributed by atoms with Crippen LogP contribution in [-0.2, 0) is 6.61 Å². The summed E-state index contributed by atoms with van der Waals surface area (Å²) in [7, 11) is 0. The number of hydrogen-bond donors (Lipinski definition) is 2. The molecule has 128 valence electrons. The Hall–Kier alpha value is -3.67. The summed E-state index contributed by atoms with van der Waals surface area (Å²) in [4.78, 5) is 24.1. The third-order valence-electron chi connectivity index (χ3n) is 3.96. The number of fused-ring (bicyclic) bond motifs is 1. The lowest BCUT2D eigenvalue weighted by molar-refractivity contribution is 0.102. The Labute approximate surface area is 149 Å². The maximum absolute atomic E-state index is 12.7. The summed E-state index contributed by atoms with van der Waals surface area (Å²) >= 11 is 0. The van der Waals surface area contributed by atoms with Crippen molar-refractivity contribution in [3.63, 3.8) is 0 Å². The normalized spacial score (nSPS) is 10.6. The molecule has 0 aliphatic heterocycles. The van der Waals surface area contributed by atoms with Crippen LogP contribution in [-0.4, -0.2) is 20.9 Å². The van der Waals surface area contributed by atoms with E-state index in [2.05, 4.69) is 20.3 Å². The van der Waals surface area contributed by atoms with E-state index in [1.165, 1.54) is 0 Å². The van der Waals surface area contributed by atoms with Gasteiger partial charge in [0.05, 0.1) is 0 Å². The summed E-state index contributed by atoms with van der Waals surface area (Å²) in [5.74, 6) is 0.653. The van der Waals surface area contributed by atoms with Gasteiger partial charge in [0.15, 0.2) is 11.6 Å². The topological polar surface area (TPSA) is 79.9 Å². The average Bonchev–Trinajstić information content (AvgIpc) is 3.17. The number of benzene rings is 1. The molecule has 3 heterocycles. The molecule has 0 saturated heterocycles. The Morgan fingerprint density at radius 2 is 2.00 bits per heavy atom. The second-order valence-corrected chi connectivity index (χ2v) is 5.70. The van der Waals surface area contributed by atoms with E-state index in [9.17, 15) is 4.79 Å². The van der Waals surface area contributed by atoms with Crippen molar-refractivity contribution in [2.75, 3.05) is 5.32 Å². The minimum Gasteiger partial charge on any atom is -0.485 e. The second-order valence-electron chi connectivity index (χ2n) is 5.70. The maximum Gasteiger partial charge on any atom is 0.257 e. The molecule has 3 aromatic heterocycles. The van der Waals surface area contributed by atoms with Gasteiger partial charge in [0, 0.05) is 46.8 Å². The molecule has 2 N–H and O–H groups in total. The molecule has 0 fully saturated rings. The number of aromatic amines is 1. The Kier molecular flexibility index (Phi) is 4.30. The smallest absolute Gasteiger partial charge is 0.257 e. The number of pyridine rings is 2. The summed E-state index contributed by atoms with van der Waals surface area (Å²) < 4.78 is 5.81. The summed E-state index contributed by atoms with van der Waals surface area (Å²) in [5.41, 5.74) is 2.42. The van der Waals surface area contributed by atoms with Crippen LogP contribution in [0, 0.1) is 0 Å². The number of hydrogen-bond acceptors (Lipinski definition) is 4. The van der Waals surface area contributed by atoms with Gasteiger partial charge in [-0.3, -0.25) is 9.78 Å². The minimum absolute atomic E-state index is 0.236. The predicted octanol–water partition coefficient (Wildman–Crippen LogP) is 3.79. The standard InChI is InChI=1S/C20H16N4O2/c25-20(16-5-1-6-17-15(16)8-11-22-17)24-19-18(7-3-10-23-19)26-13-14-4-2-9-21-12-14/h1-12,22H,13H2,(H,23,24,25). The Morgan fingerprint density at radius 1 is 1.08 bits per heavy atom. The number of H-pyrrole nitrogens is 1. The van der Waals surface area contributed by atoms with E-state index in [4.69, 9.17) is 4.74 Å². The number of amides is 1. The van der Waals surface area contributed by atoms with Gasteiger partial charge in [0.1, 0.15) is 6.61 Å². The molecule has 26 heavy (non-hydrogen) atoms. The number of nitrogens with one attached hydrogen (secondary N) is 2. The van der Waals surface area contributed by atoms with Crippen LogP contribution in [0.3, 0.4) is 0 Å². The lowest BCUT2D eigenvalue weighted by Gasteiger charge is -2.12. The SMILES string of the molecule is O=C(Nc1ncccc1OCc1cccnc1)c1cccc2[nH]ccc12. The van der Waals surface area contributed by atoms with Crippen LogP contribution < -0.4 is 10.1 Å². The fraction of sp³-hybridized carbons (Fsp3) is 0.0500. The van der Waals surface area contributed by atoms with E-state index in [-0.39, 0.29) is 5.91 Å². The van der Waals surface area contributed by atoms with Crippen molar-refractivity contribution < 1.29 is 9.53 Å². The zero-order chi connectivity index (χ0) is 17.8. The van der Waals surface area contributed by atoms with Crippen LogP contribution in [0.4, 0.5) is 5.82 Å². The Bertz CT molecular complexity index is 1040. The van der Waals surface area contributed by atoms with E-state index >= 15 is 0 Å². The number of carbonyl (C=O) groups is 1. The molecule has 6 heteroatoms. The van der Waals surface area contributed by atoms with Gasteiger partial charge in [-0.05, 0) is 36.4 Å². The second kappa shape index (κ2) is 7.06. The van der Waals surface area contributed by atoms with Crippen LogP contribution in [0.25, 0.3) is 10.9 Å². The first-order valence-corrected chi connectivity index (χ1v) is 8.15. The van der Waals surface area contributed by atoms with Crippen molar-refractivity contribution in [3.05, 3.63) is 84.4 Å². The predicted molar refractivity (Wildman–Crippen MR) is 99.1 cm³/mol. The molecule has 0 radical (unpaired) electrons. The van der Waals surface area contributed by atoms with Crippen molar-refractivity contribution in [1.82, 2.24) is 15.0 Å². The number of nitrogens with zero attached hydrogens (tertiary/aromatic N) is 2. The summed E-state index contributed by atoms with van der Waals surface area (Å²) in [6.45, 7) is 0.343. The zero-order valence-electron chi connectivity index (χ0n) is 13.8. The Balaban J connectivity index is 1.55. The maximum atomic E-state index is 12.7. The first-order valence-electron chi connectivity index (χ1n) is 8.15. The van der Waals surface area contributed by atoms with Gasteiger partial charge < -0.3 is 15.0 Å². The monoisotopic (exact) mass is 344 g/mol. The van der Waals surface area contributed by atoms with Crippen LogP contribution in [0.1, 0.15) is 15.9 Å². The molecule has 0 aliphatic carbocycles. The first kappa shape index (κ1) is 15.8. The molecular formula is C20H16N4O2. The number of rotatable bonds is 5. The van der Waals surface area contributed by atoms with Crippen molar-refractivity contribution in [2.45, 2.75) is 6.61 Å². The molecule has 6 nitrogen and oxygen atoms in total. The van der Waals surface area contributed by atoms with Gasteiger partial charge >= 0.3 is 0 Å². The number of anilines is 1. The lowest BCUT2D eigenvalue weighted by Crippen LogP contribution is -2.14. The highest BCUT2D eigenvalue weighted by Gasteiger charge is 2.14. The lowest BCUT2D eigenvalue weighted by atomic mass is 10.1. The zero-order valence-corrected chi connectivity index (χ0v) is 13.8. The molecule has 1 aromatic carbocycles. The molecule has 1 amide bonds. The van der Waals surface area contributed by atoms with Gasteiger partial charge in [-0.25, -0.2) is 4.98 Å². The van der Waals surface area contributed by atoms with Gasteiger partial charge in [-0.15, -0.1) is 0 Å².